The molecule has 3 heterocycles. The predicted octanol–water partition coefficient (Wildman–Crippen LogP) is 2.62. The number of carbonyl (C=O) groups excluding carboxylic acids is 1. The van der Waals surface area contributed by atoms with E-state index in [2.05, 4.69) is 15.3 Å². The number of carbonyl (C=O) groups is 1. The van der Waals surface area contributed by atoms with E-state index in [9.17, 15) is 4.79 Å². The van der Waals surface area contributed by atoms with Crippen molar-refractivity contribution in [2.75, 3.05) is 23.9 Å². The molecule has 2 aromatic heterocycles. The lowest BCUT2D eigenvalue weighted by atomic mass is 10.2. The standard InChI is InChI=1S/C16H17N3O3S/c1-21-14-5-3-12(9-18-14)19-16(20)11-2-4-15(17-8-11)22-13-6-7-23-10-13/h2-5,8-9,13H,6-7,10H2,1H3,(H,19,20). The molecule has 0 spiro atoms. The average molecular weight is 331 g/mol. The van der Waals surface area contributed by atoms with Crippen LogP contribution in [-0.2, 0) is 0 Å². The number of nitrogens with zero attached hydrogens (tertiary/aromatic N) is 2. The number of aromatic nitrogens is 2. The first-order valence-corrected chi connectivity index (χ1v) is 8.42. The number of ether oxygens (including phenoxy) is 2. The van der Waals surface area contributed by atoms with Gasteiger partial charge >= 0.3 is 0 Å². The lowest BCUT2D eigenvalue weighted by Gasteiger charge is -2.11. The van der Waals surface area contributed by atoms with Gasteiger partial charge in [0.1, 0.15) is 6.10 Å². The van der Waals surface area contributed by atoms with E-state index in [1.54, 1.807) is 37.6 Å². The van der Waals surface area contributed by atoms with E-state index >= 15 is 0 Å². The van der Waals surface area contributed by atoms with E-state index < -0.39 is 0 Å². The maximum atomic E-state index is 12.2. The van der Waals surface area contributed by atoms with Crippen molar-refractivity contribution in [1.29, 1.82) is 0 Å². The second kappa shape index (κ2) is 7.32. The van der Waals surface area contributed by atoms with E-state index in [0.29, 0.717) is 23.0 Å². The van der Waals surface area contributed by atoms with Crippen LogP contribution in [0.4, 0.5) is 5.69 Å². The molecule has 1 atom stereocenters. The molecular formula is C16H17N3O3S. The van der Waals surface area contributed by atoms with Crippen LogP contribution < -0.4 is 14.8 Å². The Morgan fingerprint density at radius 1 is 1.22 bits per heavy atom. The normalized spacial score (nSPS) is 16.8. The van der Waals surface area contributed by atoms with Crippen LogP contribution in [0, 0.1) is 0 Å². The molecule has 120 valence electrons. The summed E-state index contributed by atoms with van der Waals surface area (Å²) in [5.41, 5.74) is 1.06. The molecule has 1 fully saturated rings. The summed E-state index contributed by atoms with van der Waals surface area (Å²) in [5.74, 6) is 2.93. The molecule has 7 heteroatoms. The number of amides is 1. The SMILES string of the molecule is COc1ccc(NC(=O)c2ccc(OC3CCSC3)nc2)cn1. The molecule has 0 saturated carbocycles. The number of pyridine rings is 2. The van der Waals surface area contributed by atoms with E-state index in [1.165, 1.54) is 6.20 Å². The maximum absolute atomic E-state index is 12.2. The lowest BCUT2D eigenvalue weighted by Crippen LogP contribution is -2.16. The van der Waals surface area contributed by atoms with Crippen molar-refractivity contribution >= 4 is 23.4 Å². The van der Waals surface area contributed by atoms with Gasteiger partial charge < -0.3 is 14.8 Å². The van der Waals surface area contributed by atoms with Crippen molar-refractivity contribution in [2.45, 2.75) is 12.5 Å². The van der Waals surface area contributed by atoms with Crippen LogP contribution in [0.25, 0.3) is 0 Å². The van der Waals surface area contributed by atoms with Crippen molar-refractivity contribution in [1.82, 2.24) is 9.97 Å². The molecule has 0 radical (unpaired) electrons. The van der Waals surface area contributed by atoms with E-state index in [-0.39, 0.29) is 12.0 Å². The Hall–Kier alpha value is -2.28. The third-order valence-corrected chi connectivity index (χ3v) is 4.51. The molecule has 1 saturated heterocycles. The fourth-order valence-electron chi connectivity index (χ4n) is 2.14. The number of hydrogen-bond donors (Lipinski definition) is 1. The van der Waals surface area contributed by atoms with Crippen molar-refractivity contribution in [2.24, 2.45) is 0 Å². The topological polar surface area (TPSA) is 73.3 Å². The molecule has 1 aliphatic rings. The van der Waals surface area contributed by atoms with Gasteiger partial charge in [-0.25, -0.2) is 9.97 Å². The highest BCUT2D eigenvalue weighted by Gasteiger charge is 2.17. The highest BCUT2D eigenvalue weighted by Crippen LogP contribution is 2.22. The maximum Gasteiger partial charge on any atom is 0.257 e. The number of nitrogens with one attached hydrogen (secondary N) is 1. The molecule has 3 rings (SSSR count). The van der Waals surface area contributed by atoms with Crippen LogP contribution in [0.15, 0.2) is 36.7 Å². The zero-order valence-corrected chi connectivity index (χ0v) is 13.5. The van der Waals surface area contributed by atoms with Crippen molar-refractivity contribution in [3.8, 4) is 11.8 Å². The Bertz CT molecular complexity index is 655. The van der Waals surface area contributed by atoms with Crippen LogP contribution in [-0.4, -0.2) is 40.6 Å². The Morgan fingerprint density at radius 3 is 2.65 bits per heavy atom. The summed E-state index contributed by atoms with van der Waals surface area (Å²) in [6, 6.07) is 6.84. The van der Waals surface area contributed by atoms with Gasteiger partial charge in [-0.1, -0.05) is 0 Å². The smallest absolute Gasteiger partial charge is 0.257 e. The molecule has 1 amide bonds. The van der Waals surface area contributed by atoms with E-state index in [4.69, 9.17) is 9.47 Å². The molecule has 0 aliphatic carbocycles. The number of anilines is 1. The molecule has 0 bridgehead atoms. The summed E-state index contributed by atoms with van der Waals surface area (Å²) in [6.07, 6.45) is 4.32. The highest BCUT2D eigenvalue weighted by atomic mass is 32.2. The van der Waals surface area contributed by atoms with Gasteiger partial charge in [0.25, 0.3) is 5.91 Å². The third kappa shape index (κ3) is 4.13. The quantitative estimate of drug-likeness (QED) is 0.908. The highest BCUT2D eigenvalue weighted by molar-refractivity contribution is 7.99. The lowest BCUT2D eigenvalue weighted by molar-refractivity contribution is 0.102. The van der Waals surface area contributed by atoms with Gasteiger partial charge in [-0.3, -0.25) is 4.79 Å². The summed E-state index contributed by atoms with van der Waals surface area (Å²) < 4.78 is 10.7. The van der Waals surface area contributed by atoms with Gasteiger partial charge in [-0.05, 0) is 24.3 Å². The fraction of sp³-hybridized carbons (Fsp3) is 0.312. The number of hydrogen-bond acceptors (Lipinski definition) is 6. The zero-order valence-electron chi connectivity index (χ0n) is 12.7. The van der Waals surface area contributed by atoms with Crippen molar-refractivity contribution in [3.63, 3.8) is 0 Å². The molecule has 1 N–H and O–H groups in total. The second-order valence-corrected chi connectivity index (χ2v) is 6.18. The van der Waals surface area contributed by atoms with Crippen LogP contribution >= 0.6 is 11.8 Å². The summed E-state index contributed by atoms with van der Waals surface area (Å²) in [7, 11) is 1.54. The van der Waals surface area contributed by atoms with Gasteiger partial charge in [0.2, 0.25) is 11.8 Å². The van der Waals surface area contributed by atoms with Crippen molar-refractivity contribution in [3.05, 3.63) is 42.2 Å². The zero-order chi connectivity index (χ0) is 16.1. The first kappa shape index (κ1) is 15.6. The molecular weight excluding hydrogens is 314 g/mol. The van der Waals surface area contributed by atoms with Crippen LogP contribution in [0.3, 0.4) is 0 Å². The van der Waals surface area contributed by atoms with Crippen LogP contribution in [0.5, 0.6) is 11.8 Å². The first-order valence-electron chi connectivity index (χ1n) is 7.26. The van der Waals surface area contributed by atoms with Crippen LogP contribution in [0.2, 0.25) is 0 Å². The molecule has 1 aliphatic heterocycles. The number of thioether (sulfide) groups is 1. The minimum atomic E-state index is -0.243. The summed E-state index contributed by atoms with van der Waals surface area (Å²) in [6.45, 7) is 0. The Morgan fingerprint density at radius 2 is 2.04 bits per heavy atom. The monoisotopic (exact) mass is 331 g/mol. The Kier molecular flexibility index (Phi) is 4.97. The van der Waals surface area contributed by atoms with E-state index in [0.717, 1.165) is 17.9 Å². The van der Waals surface area contributed by atoms with Crippen molar-refractivity contribution < 1.29 is 14.3 Å². The first-order chi connectivity index (χ1) is 11.2. The minimum absolute atomic E-state index is 0.220. The summed E-state index contributed by atoms with van der Waals surface area (Å²) in [5, 5.41) is 2.76. The van der Waals surface area contributed by atoms with Crippen LogP contribution in [0.1, 0.15) is 16.8 Å². The van der Waals surface area contributed by atoms with Gasteiger partial charge in [-0.2, -0.15) is 11.8 Å². The van der Waals surface area contributed by atoms with Gasteiger partial charge in [0, 0.05) is 24.1 Å². The predicted molar refractivity (Wildman–Crippen MR) is 89.3 cm³/mol. The Labute approximate surface area is 138 Å². The Balaban J connectivity index is 1.60. The molecule has 6 nitrogen and oxygen atoms in total. The molecule has 23 heavy (non-hydrogen) atoms. The average Bonchev–Trinajstić information content (AvgIpc) is 3.09. The summed E-state index contributed by atoms with van der Waals surface area (Å²) in [4.78, 5) is 20.4. The molecule has 2 aromatic rings. The third-order valence-electron chi connectivity index (χ3n) is 3.38. The number of rotatable bonds is 5. The van der Waals surface area contributed by atoms with Gasteiger partial charge in [0.05, 0.1) is 24.6 Å². The second-order valence-electron chi connectivity index (χ2n) is 5.03. The fourth-order valence-corrected chi connectivity index (χ4v) is 3.23. The summed E-state index contributed by atoms with van der Waals surface area (Å²) >= 11 is 1.88. The minimum Gasteiger partial charge on any atom is -0.481 e. The van der Waals surface area contributed by atoms with Gasteiger partial charge in [0.15, 0.2) is 0 Å². The number of methoxy groups -OCH3 is 1. The van der Waals surface area contributed by atoms with E-state index in [1.807, 2.05) is 11.8 Å². The van der Waals surface area contributed by atoms with Gasteiger partial charge in [-0.15, -0.1) is 0 Å². The molecule has 0 aromatic carbocycles. The molecule has 1 unspecified atom stereocenters. The largest absolute Gasteiger partial charge is 0.481 e.